The molecule has 37 heavy (non-hydrogen) atoms. The highest BCUT2D eigenvalue weighted by molar-refractivity contribution is 5.94. The Bertz CT molecular complexity index is 1890. The number of hydrogen-bond acceptors (Lipinski definition) is 3. The summed E-state index contributed by atoms with van der Waals surface area (Å²) in [4.78, 5) is 34.7. The fraction of sp³-hybridized carbons (Fsp3) is 0.167. The van der Waals surface area contributed by atoms with Gasteiger partial charge < -0.3 is 14.9 Å². The Hall–Kier alpha value is -4.65. The summed E-state index contributed by atoms with van der Waals surface area (Å²) < 4.78 is 3.78. The van der Waals surface area contributed by atoms with Gasteiger partial charge in [0.1, 0.15) is 6.54 Å². The van der Waals surface area contributed by atoms with E-state index in [-0.39, 0.29) is 18.0 Å². The summed E-state index contributed by atoms with van der Waals surface area (Å²) in [7, 11) is 0. The number of nitrogens with one attached hydrogen (secondary N) is 2. The summed E-state index contributed by atoms with van der Waals surface area (Å²) in [6.07, 6.45) is 3.47. The van der Waals surface area contributed by atoms with Crippen LogP contribution in [0.4, 0.5) is 0 Å². The van der Waals surface area contributed by atoms with Crippen LogP contribution in [-0.2, 0) is 30.7 Å². The third kappa shape index (κ3) is 3.46. The Labute approximate surface area is 212 Å². The molecule has 0 fully saturated rings. The van der Waals surface area contributed by atoms with E-state index in [1.807, 2.05) is 65.4 Å². The van der Waals surface area contributed by atoms with Crippen LogP contribution in [0.2, 0.25) is 0 Å². The molecule has 4 heterocycles. The Morgan fingerprint density at radius 2 is 1.70 bits per heavy atom. The van der Waals surface area contributed by atoms with E-state index < -0.39 is 0 Å². The molecule has 0 aliphatic carbocycles. The van der Waals surface area contributed by atoms with E-state index in [4.69, 9.17) is 4.98 Å². The van der Waals surface area contributed by atoms with E-state index in [2.05, 4.69) is 28.5 Å². The van der Waals surface area contributed by atoms with Crippen molar-refractivity contribution >= 4 is 38.6 Å². The van der Waals surface area contributed by atoms with Crippen LogP contribution >= 0.6 is 0 Å². The highest BCUT2D eigenvalue weighted by atomic mass is 16.2. The molecule has 7 rings (SSSR count). The quantitative estimate of drug-likeness (QED) is 0.378. The fourth-order valence-electron chi connectivity index (χ4n) is 5.70. The lowest BCUT2D eigenvalue weighted by Crippen LogP contribution is -2.31. The maximum absolute atomic E-state index is 13.3. The number of H-pyrrole nitrogens is 1. The number of aromatic nitrogens is 4. The molecule has 1 aliphatic rings. The smallest absolute Gasteiger partial charge is 0.261 e. The molecule has 2 N–H and O–H groups in total. The molecular formula is C30H25N5O2. The molecule has 3 aromatic carbocycles. The second-order valence-electron chi connectivity index (χ2n) is 9.55. The summed E-state index contributed by atoms with van der Waals surface area (Å²) in [5.74, 6) is 0.566. The van der Waals surface area contributed by atoms with Gasteiger partial charge in [0, 0.05) is 41.1 Å². The highest BCUT2D eigenvalue weighted by Crippen LogP contribution is 2.36. The summed E-state index contributed by atoms with van der Waals surface area (Å²) in [6.45, 7) is 1.28. The van der Waals surface area contributed by atoms with E-state index in [1.165, 1.54) is 10.9 Å². The third-order valence-electron chi connectivity index (χ3n) is 7.43. The first-order valence-corrected chi connectivity index (χ1v) is 12.6. The van der Waals surface area contributed by atoms with Crippen molar-refractivity contribution in [2.75, 3.05) is 6.54 Å². The van der Waals surface area contributed by atoms with Crippen molar-refractivity contribution in [1.29, 1.82) is 0 Å². The molecule has 0 atom stereocenters. The number of fused-ring (bicyclic) bond motifs is 7. The van der Waals surface area contributed by atoms with Crippen molar-refractivity contribution in [3.05, 3.63) is 100 Å². The van der Waals surface area contributed by atoms with Crippen LogP contribution in [0.3, 0.4) is 0 Å². The molecule has 0 bridgehead atoms. The largest absolute Gasteiger partial charge is 0.361 e. The lowest BCUT2D eigenvalue weighted by Gasteiger charge is -2.21. The zero-order valence-corrected chi connectivity index (χ0v) is 20.2. The molecule has 0 saturated carbocycles. The summed E-state index contributed by atoms with van der Waals surface area (Å²) in [6, 6.07) is 23.8. The number of aromatic amines is 1. The van der Waals surface area contributed by atoms with E-state index in [0.29, 0.717) is 29.8 Å². The topological polar surface area (TPSA) is 84.7 Å². The van der Waals surface area contributed by atoms with Gasteiger partial charge in [0.05, 0.1) is 16.6 Å². The van der Waals surface area contributed by atoms with Crippen LogP contribution < -0.4 is 10.9 Å². The van der Waals surface area contributed by atoms with Gasteiger partial charge >= 0.3 is 0 Å². The molecule has 0 unspecified atom stereocenters. The van der Waals surface area contributed by atoms with Crippen LogP contribution in [0.5, 0.6) is 0 Å². The normalized spacial score (nSPS) is 12.6. The molecule has 7 nitrogen and oxygen atoms in total. The van der Waals surface area contributed by atoms with Crippen LogP contribution in [0.15, 0.2) is 83.8 Å². The standard InChI is InChI=1S/C30H25N5O2/c36-27(31-15-13-19-17-32-24-10-4-1-7-20(19)24)18-35-26-12-6-3-8-21(26)22-14-16-34-29(28(22)35)33-25-11-5-2-9-23(25)30(34)37/h1-12,17,32H,13-16,18H2,(H,31,36). The number of carbonyl (C=O) groups is 1. The zero-order valence-electron chi connectivity index (χ0n) is 20.2. The third-order valence-corrected chi connectivity index (χ3v) is 7.43. The maximum atomic E-state index is 13.3. The minimum atomic E-state index is -0.0661. The van der Waals surface area contributed by atoms with Crippen molar-refractivity contribution in [3.63, 3.8) is 0 Å². The molecule has 0 spiro atoms. The van der Waals surface area contributed by atoms with Gasteiger partial charge in [-0.25, -0.2) is 4.98 Å². The zero-order chi connectivity index (χ0) is 24.9. The van der Waals surface area contributed by atoms with Gasteiger partial charge in [-0.1, -0.05) is 48.5 Å². The number of para-hydroxylation sites is 3. The molecule has 182 valence electrons. The van der Waals surface area contributed by atoms with Gasteiger partial charge in [0.2, 0.25) is 5.91 Å². The van der Waals surface area contributed by atoms with Crippen molar-refractivity contribution in [1.82, 2.24) is 24.4 Å². The van der Waals surface area contributed by atoms with E-state index in [0.717, 1.165) is 40.5 Å². The number of aryl methyl sites for hydroxylation is 1. The second-order valence-corrected chi connectivity index (χ2v) is 9.55. The lowest BCUT2D eigenvalue weighted by molar-refractivity contribution is -0.121. The van der Waals surface area contributed by atoms with Gasteiger partial charge in [-0.05, 0) is 48.2 Å². The molecule has 1 amide bonds. The highest BCUT2D eigenvalue weighted by Gasteiger charge is 2.27. The SMILES string of the molecule is O=C(Cn1c2c(c3ccccc31)CCn1c-2nc2ccccc2c1=O)NCCc1c[nH]c2ccccc12. The monoisotopic (exact) mass is 487 g/mol. The van der Waals surface area contributed by atoms with Crippen molar-refractivity contribution in [2.24, 2.45) is 0 Å². The van der Waals surface area contributed by atoms with Crippen LogP contribution in [0.1, 0.15) is 11.1 Å². The lowest BCUT2D eigenvalue weighted by atomic mass is 10.0. The van der Waals surface area contributed by atoms with Gasteiger partial charge in [0.15, 0.2) is 5.82 Å². The van der Waals surface area contributed by atoms with Crippen LogP contribution in [0.25, 0.3) is 44.2 Å². The summed E-state index contributed by atoms with van der Waals surface area (Å²) in [5.41, 5.74) is 5.91. The maximum Gasteiger partial charge on any atom is 0.261 e. The molecule has 0 radical (unpaired) electrons. The van der Waals surface area contributed by atoms with E-state index in [1.54, 1.807) is 4.57 Å². The molecule has 3 aromatic heterocycles. The first kappa shape index (κ1) is 21.6. The molecule has 6 aromatic rings. The van der Waals surface area contributed by atoms with Crippen molar-refractivity contribution in [2.45, 2.75) is 25.9 Å². The first-order valence-electron chi connectivity index (χ1n) is 12.6. The number of amides is 1. The van der Waals surface area contributed by atoms with Crippen LogP contribution in [-0.4, -0.2) is 31.6 Å². The van der Waals surface area contributed by atoms with E-state index in [9.17, 15) is 9.59 Å². The Balaban J connectivity index is 1.23. The Kier molecular flexibility index (Phi) is 4.96. The van der Waals surface area contributed by atoms with E-state index >= 15 is 0 Å². The minimum absolute atomic E-state index is 0.0359. The van der Waals surface area contributed by atoms with Gasteiger partial charge in [-0.2, -0.15) is 0 Å². The fourth-order valence-corrected chi connectivity index (χ4v) is 5.70. The molecule has 1 aliphatic heterocycles. The summed E-state index contributed by atoms with van der Waals surface area (Å²) in [5, 5.41) is 6.01. The first-order chi connectivity index (χ1) is 18.2. The van der Waals surface area contributed by atoms with Gasteiger partial charge in [-0.3, -0.25) is 14.2 Å². The molecule has 0 saturated heterocycles. The Morgan fingerprint density at radius 1 is 0.946 bits per heavy atom. The van der Waals surface area contributed by atoms with Gasteiger partial charge in [-0.15, -0.1) is 0 Å². The number of nitrogens with zero attached hydrogens (tertiary/aromatic N) is 3. The number of hydrogen-bond donors (Lipinski definition) is 2. The number of benzene rings is 3. The second kappa shape index (κ2) is 8.48. The van der Waals surface area contributed by atoms with Crippen molar-refractivity contribution < 1.29 is 4.79 Å². The Morgan fingerprint density at radius 3 is 2.59 bits per heavy atom. The summed E-state index contributed by atoms with van der Waals surface area (Å²) >= 11 is 0. The van der Waals surface area contributed by atoms with Crippen LogP contribution in [0, 0.1) is 0 Å². The molecule has 7 heteroatoms. The number of rotatable bonds is 5. The van der Waals surface area contributed by atoms with Crippen molar-refractivity contribution in [3.8, 4) is 11.5 Å². The average molecular weight is 488 g/mol. The minimum Gasteiger partial charge on any atom is -0.361 e. The average Bonchev–Trinajstić information content (AvgIpc) is 3.48. The predicted molar refractivity (Wildman–Crippen MR) is 146 cm³/mol. The molecular weight excluding hydrogens is 462 g/mol. The number of carbonyl (C=O) groups excluding carboxylic acids is 1. The van der Waals surface area contributed by atoms with Gasteiger partial charge in [0.25, 0.3) is 5.56 Å². The predicted octanol–water partition coefficient (Wildman–Crippen LogP) is 4.41.